The van der Waals surface area contributed by atoms with Crippen LogP contribution in [0.1, 0.15) is 42.9 Å². The summed E-state index contributed by atoms with van der Waals surface area (Å²) in [6, 6.07) is 8.12. The fourth-order valence-electron chi connectivity index (χ4n) is 3.95. The number of non-ortho nitro benzene ring substituents is 1. The molecule has 0 bridgehead atoms. The lowest BCUT2D eigenvalue weighted by Gasteiger charge is -2.26. The first-order chi connectivity index (χ1) is 16.6. The van der Waals surface area contributed by atoms with Gasteiger partial charge in [-0.3, -0.25) is 19.7 Å². The van der Waals surface area contributed by atoms with Gasteiger partial charge in [0.15, 0.2) is 11.5 Å². The van der Waals surface area contributed by atoms with Crippen LogP contribution in [0.15, 0.2) is 48.0 Å². The number of carboxylic acid groups (broad SMARTS) is 1. The van der Waals surface area contributed by atoms with Gasteiger partial charge in [0.2, 0.25) is 0 Å². The first-order valence-electron chi connectivity index (χ1n) is 10.8. The van der Waals surface area contributed by atoms with Crippen molar-refractivity contribution in [3.63, 3.8) is 0 Å². The Morgan fingerprint density at radius 2 is 1.80 bits per heavy atom. The molecule has 0 spiro atoms. The topological polar surface area (TPSA) is 170 Å². The molecule has 2 aromatic carbocycles. The predicted molar refractivity (Wildman–Crippen MR) is 120 cm³/mol. The Morgan fingerprint density at radius 3 is 2.40 bits per heavy atom. The summed E-state index contributed by atoms with van der Waals surface area (Å²) in [7, 11) is 1.34. The number of aliphatic hydroxyl groups excluding tert-OH is 1. The molecule has 0 radical (unpaired) electrons. The number of aliphatic hydroxyl groups is 1. The molecule has 2 aromatic rings. The third-order valence-corrected chi connectivity index (χ3v) is 5.69. The molecule has 1 saturated heterocycles. The molecule has 35 heavy (non-hydrogen) atoms. The van der Waals surface area contributed by atoms with Crippen LogP contribution in [0.5, 0.6) is 11.5 Å². The molecule has 2 N–H and O–H groups in total. The second-order valence-electron chi connectivity index (χ2n) is 7.91. The number of aromatic hydroxyl groups is 1. The summed E-state index contributed by atoms with van der Waals surface area (Å²) in [6.45, 7) is 0.0997. The van der Waals surface area contributed by atoms with Crippen LogP contribution in [0.3, 0.4) is 0 Å². The number of aliphatic carboxylic acids is 1. The van der Waals surface area contributed by atoms with Crippen molar-refractivity contribution in [2.24, 2.45) is 0 Å². The van der Waals surface area contributed by atoms with Gasteiger partial charge >= 0.3 is 0 Å². The molecule has 1 aliphatic heterocycles. The minimum absolute atomic E-state index is 0.0948. The standard InChI is InChI=1S/C24H24N2O9/c1-35-18-13-15(8-11-17(18)27)21-20(22(30)14-6-9-16(10-7-14)26(33)34)23(31)24(32)25(21)12-4-2-3-5-19(28)29/h6-11,13,21,27,30H,2-5,12H2,1H3,(H,28,29)/p-1/t21-/m0/s1. The van der Waals surface area contributed by atoms with Gasteiger partial charge < -0.3 is 29.8 Å². The molecule has 184 valence electrons. The zero-order chi connectivity index (χ0) is 25.7. The van der Waals surface area contributed by atoms with Gasteiger partial charge in [-0.25, -0.2) is 0 Å². The number of ketones is 1. The van der Waals surface area contributed by atoms with Crippen molar-refractivity contribution >= 4 is 29.1 Å². The number of phenolic OH excluding ortho intramolecular Hbond substituents is 1. The molecule has 1 heterocycles. The summed E-state index contributed by atoms with van der Waals surface area (Å²) in [5.41, 5.74) is 0.0695. The molecule has 1 aliphatic rings. The predicted octanol–water partition coefficient (Wildman–Crippen LogP) is 2.04. The number of nitro benzene ring substituents is 1. The van der Waals surface area contributed by atoms with Crippen molar-refractivity contribution < 1.29 is 39.4 Å². The quantitative estimate of drug-likeness (QED) is 0.128. The highest BCUT2D eigenvalue weighted by Gasteiger charge is 2.46. The number of carbonyl (C=O) groups is 3. The fourth-order valence-corrected chi connectivity index (χ4v) is 3.95. The number of ether oxygens (including phenoxy) is 1. The summed E-state index contributed by atoms with van der Waals surface area (Å²) in [5, 5.41) is 42.5. The molecule has 1 atom stereocenters. The molecule has 0 unspecified atom stereocenters. The van der Waals surface area contributed by atoms with Crippen LogP contribution in [0, 0.1) is 10.1 Å². The largest absolute Gasteiger partial charge is 0.550 e. The summed E-state index contributed by atoms with van der Waals surface area (Å²) < 4.78 is 5.14. The molecule has 11 heteroatoms. The van der Waals surface area contributed by atoms with Crippen molar-refractivity contribution in [2.75, 3.05) is 13.7 Å². The molecule has 0 saturated carbocycles. The summed E-state index contributed by atoms with van der Waals surface area (Å²) in [4.78, 5) is 48.2. The van der Waals surface area contributed by atoms with Gasteiger partial charge in [0.1, 0.15) is 5.76 Å². The SMILES string of the molecule is COc1cc([C@H]2C(=C(O)c3ccc([N+](=O)[O-])cc3)C(=O)C(=O)N2CCCCCC(=O)[O-])ccc1O. The van der Waals surface area contributed by atoms with Gasteiger partial charge in [-0.15, -0.1) is 0 Å². The Morgan fingerprint density at radius 1 is 1.11 bits per heavy atom. The number of Topliss-reactive ketones (excluding diaryl/α,β-unsaturated/α-hetero) is 1. The number of unbranched alkanes of at least 4 members (excludes halogenated alkanes) is 2. The Bertz CT molecular complexity index is 1190. The van der Waals surface area contributed by atoms with Crippen LogP contribution in [-0.4, -0.2) is 51.4 Å². The fraction of sp³-hybridized carbons (Fsp3) is 0.292. The maximum Gasteiger partial charge on any atom is 0.295 e. The number of nitro groups is 1. The molecule has 1 amide bonds. The number of nitrogens with zero attached hydrogens (tertiary/aromatic N) is 2. The molecule has 0 aliphatic carbocycles. The normalized spacial score (nSPS) is 16.9. The number of carboxylic acids is 1. The van der Waals surface area contributed by atoms with E-state index < -0.39 is 34.4 Å². The van der Waals surface area contributed by atoms with Crippen LogP contribution in [0.25, 0.3) is 5.76 Å². The van der Waals surface area contributed by atoms with Crippen molar-refractivity contribution in [3.8, 4) is 11.5 Å². The Labute approximate surface area is 200 Å². The number of rotatable bonds is 10. The number of hydrogen-bond donors (Lipinski definition) is 2. The minimum atomic E-state index is -1.18. The van der Waals surface area contributed by atoms with Crippen LogP contribution in [0.4, 0.5) is 5.69 Å². The van der Waals surface area contributed by atoms with Gasteiger partial charge in [-0.05, 0) is 49.1 Å². The molecule has 11 nitrogen and oxygen atoms in total. The lowest BCUT2D eigenvalue weighted by atomic mass is 9.94. The summed E-state index contributed by atoms with van der Waals surface area (Å²) >= 11 is 0. The zero-order valence-electron chi connectivity index (χ0n) is 18.8. The van der Waals surface area contributed by atoms with E-state index in [0.29, 0.717) is 24.8 Å². The van der Waals surface area contributed by atoms with E-state index in [4.69, 9.17) is 4.74 Å². The lowest BCUT2D eigenvalue weighted by Crippen LogP contribution is -2.30. The third kappa shape index (κ3) is 5.40. The van der Waals surface area contributed by atoms with Crippen LogP contribution in [-0.2, 0) is 14.4 Å². The van der Waals surface area contributed by atoms with E-state index >= 15 is 0 Å². The number of amides is 1. The number of likely N-dealkylation sites (tertiary alicyclic amines) is 1. The molecule has 3 rings (SSSR count). The maximum atomic E-state index is 13.0. The molecule has 1 fully saturated rings. The maximum absolute atomic E-state index is 13.0. The summed E-state index contributed by atoms with van der Waals surface area (Å²) in [5.74, 6) is -3.54. The van der Waals surface area contributed by atoms with Crippen molar-refractivity contribution in [1.29, 1.82) is 0 Å². The first-order valence-corrected chi connectivity index (χ1v) is 10.8. The Balaban J connectivity index is 2.04. The number of benzene rings is 2. The molecule has 0 aromatic heterocycles. The number of phenols is 1. The Hall–Kier alpha value is -4.41. The van der Waals surface area contributed by atoms with E-state index in [0.717, 1.165) is 0 Å². The summed E-state index contributed by atoms with van der Waals surface area (Å²) in [6.07, 6.45) is 1.07. The van der Waals surface area contributed by atoms with E-state index in [-0.39, 0.29) is 41.3 Å². The number of methoxy groups -OCH3 is 1. The third-order valence-electron chi connectivity index (χ3n) is 5.69. The van der Waals surface area contributed by atoms with E-state index in [9.17, 15) is 39.8 Å². The molecular formula is C24H23N2O9-. The highest BCUT2D eigenvalue weighted by Crippen LogP contribution is 2.42. The van der Waals surface area contributed by atoms with Gasteiger partial charge in [0.05, 0.1) is 23.6 Å². The average molecular weight is 483 g/mol. The smallest absolute Gasteiger partial charge is 0.295 e. The second-order valence-corrected chi connectivity index (χ2v) is 7.91. The van der Waals surface area contributed by atoms with Crippen LogP contribution < -0.4 is 9.84 Å². The highest BCUT2D eigenvalue weighted by atomic mass is 16.6. The van der Waals surface area contributed by atoms with Gasteiger partial charge in [0.25, 0.3) is 17.4 Å². The number of carbonyl (C=O) groups excluding carboxylic acids is 3. The lowest BCUT2D eigenvalue weighted by molar-refractivity contribution is -0.384. The van der Waals surface area contributed by atoms with E-state index in [1.807, 2.05) is 0 Å². The van der Waals surface area contributed by atoms with Crippen molar-refractivity contribution in [2.45, 2.75) is 31.7 Å². The van der Waals surface area contributed by atoms with Crippen LogP contribution in [0.2, 0.25) is 0 Å². The minimum Gasteiger partial charge on any atom is -0.550 e. The van der Waals surface area contributed by atoms with E-state index in [2.05, 4.69) is 0 Å². The van der Waals surface area contributed by atoms with Crippen molar-refractivity contribution in [1.82, 2.24) is 4.90 Å². The zero-order valence-corrected chi connectivity index (χ0v) is 18.8. The van der Waals surface area contributed by atoms with Gasteiger partial charge in [-0.2, -0.15) is 0 Å². The second kappa shape index (κ2) is 10.7. The van der Waals surface area contributed by atoms with E-state index in [1.165, 1.54) is 54.5 Å². The van der Waals surface area contributed by atoms with Crippen LogP contribution >= 0.6 is 0 Å². The van der Waals surface area contributed by atoms with Crippen molar-refractivity contribution in [3.05, 3.63) is 69.3 Å². The molecular weight excluding hydrogens is 460 g/mol. The highest BCUT2D eigenvalue weighted by molar-refractivity contribution is 6.46. The monoisotopic (exact) mass is 483 g/mol. The first kappa shape index (κ1) is 25.2. The number of hydrogen-bond acceptors (Lipinski definition) is 9. The van der Waals surface area contributed by atoms with Gasteiger partial charge in [0, 0.05) is 30.2 Å². The van der Waals surface area contributed by atoms with E-state index in [1.54, 1.807) is 0 Å². The average Bonchev–Trinajstić information content (AvgIpc) is 3.08. The Kier molecular flexibility index (Phi) is 7.69. The van der Waals surface area contributed by atoms with Gasteiger partial charge in [-0.1, -0.05) is 12.5 Å².